The zero-order valence-electron chi connectivity index (χ0n) is 8.91. The molecule has 86 valence electrons. The Morgan fingerprint density at radius 3 is 2.71 bits per heavy atom. The van der Waals surface area contributed by atoms with Gasteiger partial charge in [0.2, 0.25) is 5.91 Å². The van der Waals surface area contributed by atoms with Crippen LogP contribution in [0, 0.1) is 0 Å². The first-order valence-corrected chi connectivity index (χ1v) is 6.07. The zero-order valence-corrected chi connectivity index (χ0v) is 10.5. The summed E-state index contributed by atoms with van der Waals surface area (Å²) in [5, 5.41) is 2.86. The van der Waals surface area contributed by atoms with Crippen LogP contribution in [0.1, 0.15) is 26.2 Å². The Labute approximate surface area is 97.0 Å². The molecule has 0 fully saturated rings. The van der Waals surface area contributed by atoms with Gasteiger partial charge in [-0.15, -0.1) is 12.4 Å². The summed E-state index contributed by atoms with van der Waals surface area (Å²) in [6.45, 7) is 2.71. The highest BCUT2D eigenvalue weighted by atomic mass is 35.5. The zero-order chi connectivity index (χ0) is 10.1. The maximum atomic E-state index is 11.1. The van der Waals surface area contributed by atoms with E-state index in [-0.39, 0.29) is 24.4 Å². The topological polar surface area (TPSA) is 55.1 Å². The van der Waals surface area contributed by atoms with Crippen molar-refractivity contribution in [2.24, 2.45) is 5.73 Å². The molecular weight excluding hydrogens is 220 g/mol. The Morgan fingerprint density at radius 2 is 2.21 bits per heavy atom. The summed E-state index contributed by atoms with van der Waals surface area (Å²) >= 11 is 1.80. The number of hydrogen-bond donors (Lipinski definition) is 2. The standard InChI is InChI=1S/C9H20N2OS.ClH/c1-8(10)4-5-9(12)11-6-3-7-13-2;/h8H,3-7,10H2,1-2H3,(H,11,12);1H. The summed E-state index contributed by atoms with van der Waals surface area (Å²) in [4.78, 5) is 11.1. The lowest BCUT2D eigenvalue weighted by atomic mass is 10.2. The van der Waals surface area contributed by atoms with Crippen LogP contribution in [0.5, 0.6) is 0 Å². The van der Waals surface area contributed by atoms with Gasteiger partial charge in [-0.25, -0.2) is 0 Å². The Hall–Kier alpha value is 0.0700. The van der Waals surface area contributed by atoms with Gasteiger partial charge in [0.1, 0.15) is 0 Å². The molecule has 1 unspecified atom stereocenters. The third kappa shape index (κ3) is 12.1. The Bertz CT molecular complexity index is 145. The van der Waals surface area contributed by atoms with Crippen LogP contribution in [-0.2, 0) is 4.79 Å². The van der Waals surface area contributed by atoms with Gasteiger partial charge in [0.05, 0.1) is 0 Å². The smallest absolute Gasteiger partial charge is 0.220 e. The van der Waals surface area contributed by atoms with Crippen molar-refractivity contribution >= 4 is 30.1 Å². The molecule has 5 heteroatoms. The lowest BCUT2D eigenvalue weighted by Gasteiger charge is -2.06. The highest BCUT2D eigenvalue weighted by molar-refractivity contribution is 7.98. The molecule has 0 saturated carbocycles. The van der Waals surface area contributed by atoms with E-state index < -0.39 is 0 Å². The maximum Gasteiger partial charge on any atom is 0.220 e. The average Bonchev–Trinajstić information content (AvgIpc) is 2.09. The fourth-order valence-electron chi connectivity index (χ4n) is 0.891. The molecule has 1 amide bonds. The van der Waals surface area contributed by atoms with E-state index >= 15 is 0 Å². The van der Waals surface area contributed by atoms with E-state index in [1.54, 1.807) is 11.8 Å². The van der Waals surface area contributed by atoms with Crippen LogP contribution < -0.4 is 11.1 Å². The number of halogens is 1. The van der Waals surface area contributed by atoms with Gasteiger partial charge < -0.3 is 11.1 Å². The molecule has 1 atom stereocenters. The summed E-state index contributed by atoms with van der Waals surface area (Å²) in [7, 11) is 0. The molecule has 0 heterocycles. The number of carbonyl (C=O) groups excluding carboxylic acids is 1. The molecule has 3 N–H and O–H groups in total. The summed E-state index contributed by atoms with van der Waals surface area (Å²) in [5.41, 5.74) is 5.53. The molecule has 0 bridgehead atoms. The second-order valence-electron chi connectivity index (χ2n) is 3.21. The van der Waals surface area contributed by atoms with Crippen molar-refractivity contribution in [1.82, 2.24) is 5.32 Å². The van der Waals surface area contributed by atoms with Gasteiger partial charge in [0, 0.05) is 19.0 Å². The fourth-order valence-corrected chi connectivity index (χ4v) is 1.32. The number of nitrogens with two attached hydrogens (primary N) is 1. The molecule has 0 aliphatic heterocycles. The SMILES string of the molecule is CSCCCNC(=O)CCC(C)N.Cl. The molecular formula is C9H21ClN2OS. The van der Waals surface area contributed by atoms with Crippen molar-refractivity contribution in [1.29, 1.82) is 0 Å². The minimum Gasteiger partial charge on any atom is -0.356 e. The summed E-state index contributed by atoms with van der Waals surface area (Å²) in [5.74, 6) is 1.23. The highest BCUT2D eigenvalue weighted by Gasteiger charge is 2.01. The Balaban J connectivity index is 0. The molecule has 14 heavy (non-hydrogen) atoms. The first kappa shape index (κ1) is 16.5. The lowest BCUT2D eigenvalue weighted by Crippen LogP contribution is -2.26. The fraction of sp³-hybridized carbons (Fsp3) is 0.889. The monoisotopic (exact) mass is 240 g/mol. The molecule has 0 aromatic heterocycles. The number of nitrogens with one attached hydrogen (secondary N) is 1. The van der Waals surface area contributed by atoms with Crippen LogP contribution in [0.2, 0.25) is 0 Å². The number of hydrogen-bond acceptors (Lipinski definition) is 3. The first-order chi connectivity index (χ1) is 6.16. The Morgan fingerprint density at radius 1 is 1.57 bits per heavy atom. The molecule has 0 radical (unpaired) electrons. The van der Waals surface area contributed by atoms with Crippen LogP contribution in [0.4, 0.5) is 0 Å². The quantitative estimate of drug-likeness (QED) is 0.662. The van der Waals surface area contributed by atoms with Crippen molar-refractivity contribution in [2.75, 3.05) is 18.6 Å². The van der Waals surface area contributed by atoms with Crippen molar-refractivity contribution < 1.29 is 4.79 Å². The molecule has 0 spiro atoms. The first-order valence-electron chi connectivity index (χ1n) is 4.68. The van der Waals surface area contributed by atoms with Gasteiger partial charge in [-0.1, -0.05) is 0 Å². The molecule has 0 aliphatic carbocycles. The minimum atomic E-state index is 0. The van der Waals surface area contributed by atoms with E-state index in [9.17, 15) is 4.79 Å². The summed E-state index contributed by atoms with van der Waals surface area (Å²) < 4.78 is 0. The number of carbonyl (C=O) groups is 1. The van der Waals surface area contributed by atoms with Crippen molar-refractivity contribution in [3.63, 3.8) is 0 Å². The molecule has 0 aliphatic rings. The number of amides is 1. The third-order valence-corrected chi connectivity index (χ3v) is 2.37. The lowest BCUT2D eigenvalue weighted by molar-refractivity contribution is -0.121. The van der Waals surface area contributed by atoms with Crippen LogP contribution in [-0.4, -0.2) is 30.5 Å². The van der Waals surface area contributed by atoms with E-state index in [4.69, 9.17) is 5.73 Å². The normalized spacial score (nSPS) is 11.6. The van der Waals surface area contributed by atoms with E-state index in [1.165, 1.54) is 0 Å². The molecule has 0 saturated heterocycles. The van der Waals surface area contributed by atoms with Gasteiger partial charge in [0.15, 0.2) is 0 Å². The molecule has 0 rings (SSSR count). The summed E-state index contributed by atoms with van der Waals surface area (Å²) in [6.07, 6.45) is 4.44. The van der Waals surface area contributed by atoms with Crippen LogP contribution >= 0.6 is 24.2 Å². The van der Waals surface area contributed by atoms with Crippen molar-refractivity contribution in [3.05, 3.63) is 0 Å². The maximum absolute atomic E-state index is 11.1. The Kier molecular flexibility index (Phi) is 13.1. The molecule has 0 aromatic carbocycles. The largest absolute Gasteiger partial charge is 0.356 e. The van der Waals surface area contributed by atoms with Gasteiger partial charge in [-0.3, -0.25) is 4.79 Å². The van der Waals surface area contributed by atoms with Crippen molar-refractivity contribution in [3.8, 4) is 0 Å². The predicted octanol–water partition coefficient (Wildman–Crippen LogP) is 1.40. The van der Waals surface area contributed by atoms with Crippen LogP contribution in [0.25, 0.3) is 0 Å². The second-order valence-corrected chi connectivity index (χ2v) is 4.20. The van der Waals surface area contributed by atoms with Gasteiger partial charge in [-0.2, -0.15) is 11.8 Å². The van der Waals surface area contributed by atoms with E-state index in [1.807, 2.05) is 6.92 Å². The van der Waals surface area contributed by atoms with Gasteiger partial charge in [0.25, 0.3) is 0 Å². The van der Waals surface area contributed by atoms with Gasteiger partial charge in [-0.05, 0) is 31.8 Å². The highest BCUT2D eigenvalue weighted by Crippen LogP contribution is 1.95. The summed E-state index contributed by atoms with van der Waals surface area (Å²) in [6, 6.07) is 0.122. The van der Waals surface area contributed by atoms with Gasteiger partial charge >= 0.3 is 0 Å². The number of rotatable bonds is 7. The van der Waals surface area contributed by atoms with Crippen molar-refractivity contribution in [2.45, 2.75) is 32.2 Å². The van der Waals surface area contributed by atoms with E-state index in [0.29, 0.717) is 6.42 Å². The van der Waals surface area contributed by atoms with E-state index in [2.05, 4.69) is 11.6 Å². The van der Waals surface area contributed by atoms with E-state index in [0.717, 1.165) is 25.1 Å². The molecule has 3 nitrogen and oxygen atoms in total. The second kappa shape index (κ2) is 11.1. The third-order valence-electron chi connectivity index (χ3n) is 1.67. The number of thioether (sulfide) groups is 1. The minimum absolute atomic E-state index is 0. The predicted molar refractivity (Wildman–Crippen MR) is 66.1 cm³/mol. The van der Waals surface area contributed by atoms with Crippen LogP contribution in [0.15, 0.2) is 0 Å². The van der Waals surface area contributed by atoms with Crippen LogP contribution in [0.3, 0.4) is 0 Å². The average molecular weight is 241 g/mol. The molecule has 0 aromatic rings.